The lowest BCUT2D eigenvalue weighted by Gasteiger charge is -2.23. The molecule has 0 bridgehead atoms. The molecule has 1 fully saturated rings. The topological polar surface area (TPSA) is 21.3 Å². The van der Waals surface area contributed by atoms with Crippen molar-refractivity contribution in [3.8, 4) is 0 Å². The summed E-state index contributed by atoms with van der Waals surface area (Å²) in [5.74, 6) is 0. The van der Waals surface area contributed by atoms with Crippen LogP contribution in [0.2, 0.25) is 0 Å². The smallest absolute Gasteiger partial charge is 0.0480 e. The van der Waals surface area contributed by atoms with Crippen molar-refractivity contribution in [1.82, 2.24) is 5.32 Å². The molecule has 1 aromatic heterocycles. The average Bonchev–Trinajstić information content (AvgIpc) is 2.63. The van der Waals surface area contributed by atoms with Crippen LogP contribution in [-0.4, -0.2) is 19.3 Å². The Bertz CT molecular complexity index is 279. The van der Waals surface area contributed by atoms with Gasteiger partial charge in [0, 0.05) is 25.8 Å². The van der Waals surface area contributed by atoms with Gasteiger partial charge >= 0.3 is 0 Å². The molecule has 0 saturated carbocycles. The normalized spacial score (nSPS) is 18.6. The third kappa shape index (κ3) is 2.56. The first-order chi connectivity index (χ1) is 6.86. The van der Waals surface area contributed by atoms with Gasteiger partial charge in [-0.3, -0.25) is 0 Å². The molecule has 2 heterocycles. The first kappa shape index (κ1) is 10.1. The van der Waals surface area contributed by atoms with Crippen LogP contribution in [0.3, 0.4) is 0 Å². The molecule has 1 aromatic rings. The fourth-order valence-corrected chi connectivity index (χ4v) is 2.58. The van der Waals surface area contributed by atoms with Gasteiger partial charge in [-0.05, 0) is 41.7 Å². The van der Waals surface area contributed by atoms with E-state index in [0.29, 0.717) is 6.04 Å². The Morgan fingerprint density at radius 2 is 2.21 bits per heavy atom. The van der Waals surface area contributed by atoms with Crippen molar-refractivity contribution in [3.05, 3.63) is 21.9 Å². The van der Waals surface area contributed by atoms with Gasteiger partial charge in [-0.2, -0.15) is 11.3 Å². The zero-order valence-electron chi connectivity index (χ0n) is 8.58. The molecule has 1 aliphatic heterocycles. The summed E-state index contributed by atoms with van der Waals surface area (Å²) >= 11 is 1.79. The van der Waals surface area contributed by atoms with Gasteiger partial charge < -0.3 is 10.1 Å². The van der Waals surface area contributed by atoms with E-state index in [9.17, 15) is 0 Å². The lowest BCUT2D eigenvalue weighted by molar-refractivity contribution is 0.0776. The van der Waals surface area contributed by atoms with Crippen LogP contribution in [0, 0.1) is 6.92 Å². The number of nitrogens with one attached hydrogen (secondary N) is 1. The summed E-state index contributed by atoms with van der Waals surface area (Å²) in [5.41, 5.74) is 2.86. The van der Waals surface area contributed by atoms with Gasteiger partial charge in [0.2, 0.25) is 0 Å². The highest BCUT2D eigenvalue weighted by atomic mass is 32.1. The van der Waals surface area contributed by atoms with Crippen LogP contribution < -0.4 is 5.32 Å². The second kappa shape index (κ2) is 4.91. The number of hydrogen-bond donors (Lipinski definition) is 1. The molecule has 2 nitrogen and oxygen atoms in total. The highest BCUT2D eigenvalue weighted by molar-refractivity contribution is 7.08. The number of thiophene rings is 1. The fraction of sp³-hybridized carbons (Fsp3) is 0.636. The van der Waals surface area contributed by atoms with Crippen LogP contribution in [0.1, 0.15) is 24.0 Å². The van der Waals surface area contributed by atoms with Crippen molar-refractivity contribution in [2.75, 3.05) is 13.2 Å². The SMILES string of the molecule is Cc1cscc1CNC1CCOCC1. The summed E-state index contributed by atoms with van der Waals surface area (Å²) in [6.07, 6.45) is 2.31. The third-order valence-electron chi connectivity index (χ3n) is 2.76. The lowest BCUT2D eigenvalue weighted by Crippen LogP contribution is -2.34. The summed E-state index contributed by atoms with van der Waals surface area (Å²) in [6.45, 7) is 5.03. The number of hydrogen-bond acceptors (Lipinski definition) is 3. The molecular weight excluding hydrogens is 194 g/mol. The lowest BCUT2D eigenvalue weighted by atomic mass is 10.1. The Hall–Kier alpha value is -0.380. The Balaban J connectivity index is 1.79. The van der Waals surface area contributed by atoms with Crippen LogP contribution in [-0.2, 0) is 11.3 Å². The van der Waals surface area contributed by atoms with Gasteiger partial charge in [0.15, 0.2) is 0 Å². The Labute approximate surface area is 89.3 Å². The zero-order valence-corrected chi connectivity index (χ0v) is 9.40. The van der Waals surface area contributed by atoms with Crippen molar-refractivity contribution >= 4 is 11.3 Å². The Kier molecular flexibility index (Phi) is 3.56. The van der Waals surface area contributed by atoms with Crippen LogP contribution >= 0.6 is 11.3 Å². The summed E-state index contributed by atoms with van der Waals surface area (Å²) in [4.78, 5) is 0. The molecule has 2 rings (SSSR count). The highest BCUT2D eigenvalue weighted by Gasteiger charge is 2.12. The van der Waals surface area contributed by atoms with E-state index in [0.717, 1.165) is 32.6 Å². The molecule has 14 heavy (non-hydrogen) atoms. The highest BCUT2D eigenvalue weighted by Crippen LogP contribution is 2.14. The summed E-state index contributed by atoms with van der Waals surface area (Å²) in [6, 6.07) is 0.656. The second-order valence-corrected chi connectivity index (χ2v) is 4.59. The molecular formula is C11H17NOS. The molecule has 0 aliphatic carbocycles. The van der Waals surface area contributed by atoms with Crippen molar-refractivity contribution in [2.24, 2.45) is 0 Å². The minimum atomic E-state index is 0.656. The van der Waals surface area contributed by atoms with E-state index in [-0.39, 0.29) is 0 Å². The van der Waals surface area contributed by atoms with Crippen LogP contribution in [0.25, 0.3) is 0 Å². The van der Waals surface area contributed by atoms with E-state index < -0.39 is 0 Å². The zero-order chi connectivity index (χ0) is 9.80. The molecule has 0 radical (unpaired) electrons. The maximum absolute atomic E-state index is 5.32. The summed E-state index contributed by atoms with van der Waals surface area (Å²) < 4.78 is 5.32. The standard InChI is InChI=1S/C11H17NOS/c1-9-7-14-8-10(9)6-12-11-2-4-13-5-3-11/h7-8,11-12H,2-6H2,1H3. The fourth-order valence-electron chi connectivity index (χ4n) is 1.72. The van der Waals surface area contributed by atoms with Gasteiger partial charge in [-0.1, -0.05) is 0 Å². The molecule has 0 atom stereocenters. The average molecular weight is 211 g/mol. The first-order valence-corrected chi connectivity index (χ1v) is 6.13. The molecule has 0 spiro atoms. The molecule has 0 unspecified atom stereocenters. The third-order valence-corrected chi connectivity index (χ3v) is 3.67. The van der Waals surface area contributed by atoms with Gasteiger partial charge in [-0.25, -0.2) is 0 Å². The quantitative estimate of drug-likeness (QED) is 0.828. The van der Waals surface area contributed by atoms with E-state index in [1.54, 1.807) is 11.3 Å². The van der Waals surface area contributed by atoms with E-state index in [1.165, 1.54) is 11.1 Å². The van der Waals surface area contributed by atoms with Crippen molar-refractivity contribution in [1.29, 1.82) is 0 Å². The summed E-state index contributed by atoms with van der Waals surface area (Å²) in [7, 11) is 0. The number of rotatable bonds is 3. The van der Waals surface area contributed by atoms with Crippen LogP contribution in [0.4, 0.5) is 0 Å². The van der Waals surface area contributed by atoms with Crippen LogP contribution in [0.5, 0.6) is 0 Å². The van der Waals surface area contributed by atoms with E-state index >= 15 is 0 Å². The monoisotopic (exact) mass is 211 g/mol. The van der Waals surface area contributed by atoms with E-state index in [1.807, 2.05) is 0 Å². The largest absolute Gasteiger partial charge is 0.381 e. The Morgan fingerprint density at radius 1 is 1.43 bits per heavy atom. The van der Waals surface area contributed by atoms with Crippen molar-refractivity contribution < 1.29 is 4.74 Å². The number of ether oxygens (including phenoxy) is 1. The van der Waals surface area contributed by atoms with Gasteiger partial charge in [0.05, 0.1) is 0 Å². The molecule has 3 heteroatoms. The Morgan fingerprint density at radius 3 is 2.86 bits per heavy atom. The van der Waals surface area contributed by atoms with Gasteiger partial charge in [-0.15, -0.1) is 0 Å². The van der Waals surface area contributed by atoms with Crippen molar-refractivity contribution in [2.45, 2.75) is 32.4 Å². The maximum atomic E-state index is 5.32. The van der Waals surface area contributed by atoms with E-state index in [4.69, 9.17) is 4.74 Å². The van der Waals surface area contributed by atoms with Crippen LogP contribution in [0.15, 0.2) is 10.8 Å². The maximum Gasteiger partial charge on any atom is 0.0480 e. The minimum absolute atomic E-state index is 0.656. The molecule has 1 N–H and O–H groups in total. The van der Waals surface area contributed by atoms with Gasteiger partial charge in [0.1, 0.15) is 0 Å². The van der Waals surface area contributed by atoms with Gasteiger partial charge in [0.25, 0.3) is 0 Å². The second-order valence-electron chi connectivity index (χ2n) is 3.85. The molecule has 78 valence electrons. The van der Waals surface area contributed by atoms with Crippen molar-refractivity contribution in [3.63, 3.8) is 0 Å². The first-order valence-electron chi connectivity index (χ1n) is 5.19. The number of aryl methyl sites for hydroxylation is 1. The molecule has 1 aliphatic rings. The predicted octanol–water partition coefficient (Wildman–Crippen LogP) is 2.33. The summed E-state index contributed by atoms with van der Waals surface area (Å²) in [5, 5.41) is 8.04. The predicted molar refractivity (Wildman–Crippen MR) is 59.7 cm³/mol. The molecule has 0 aromatic carbocycles. The van der Waals surface area contributed by atoms with E-state index in [2.05, 4.69) is 23.0 Å². The molecule has 1 saturated heterocycles. The molecule has 0 amide bonds. The minimum Gasteiger partial charge on any atom is -0.381 e.